The summed E-state index contributed by atoms with van der Waals surface area (Å²) in [6.07, 6.45) is 1.01. The number of nitrogens with one attached hydrogen (secondary N) is 2. The third-order valence-electron chi connectivity index (χ3n) is 5.57. The summed E-state index contributed by atoms with van der Waals surface area (Å²) in [5.41, 5.74) is 3.43. The standard InChI is InChI=1S/C25H28ClN3O5S2/c1-16-6-7-17(2)23(14-16)28-36(33,34)22-12-10-21(11-13-22)27-25(30)19(4)29(35(5,31)32)24-15-20(26)9-8-18(24)3/h6-15,19,28H,1-5H3,(H,27,30)/t19-/m0/s1. The molecule has 0 radical (unpaired) electrons. The van der Waals surface area contributed by atoms with Gasteiger partial charge in [0.25, 0.3) is 10.0 Å². The molecule has 1 amide bonds. The summed E-state index contributed by atoms with van der Waals surface area (Å²) in [7, 11) is -7.68. The summed E-state index contributed by atoms with van der Waals surface area (Å²) in [6.45, 7) is 6.86. The van der Waals surface area contributed by atoms with E-state index < -0.39 is 32.0 Å². The average molecular weight is 550 g/mol. The van der Waals surface area contributed by atoms with Crippen molar-refractivity contribution in [3.05, 3.63) is 82.4 Å². The molecule has 8 nitrogen and oxygen atoms in total. The van der Waals surface area contributed by atoms with Crippen molar-refractivity contribution in [3.63, 3.8) is 0 Å². The first-order valence-corrected chi connectivity index (χ1v) is 14.7. The fourth-order valence-corrected chi connectivity index (χ4v) is 6.13. The zero-order valence-corrected chi connectivity index (χ0v) is 22.9. The zero-order chi connectivity index (χ0) is 26.8. The molecule has 3 aromatic carbocycles. The molecule has 1 atom stereocenters. The molecule has 0 aromatic heterocycles. The summed E-state index contributed by atoms with van der Waals surface area (Å²) < 4.78 is 54.4. The Kier molecular flexibility index (Phi) is 8.02. The van der Waals surface area contributed by atoms with Crippen LogP contribution in [0.2, 0.25) is 5.02 Å². The second-order valence-electron chi connectivity index (χ2n) is 8.60. The molecule has 192 valence electrons. The fraction of sp³-hybridized carbons (Fsp3) is 0.240. The highest BCUT2D eigenvalue weighted by atomic mass is 35.5. The molecule has 0 saturated heterocycles. The molecule has 0 heterocycles. The maximum Gasteiger partial charge on any atom is 0.261 e. The number of rotatable bonds is 8. The normalized spacial score (nSPS) is 12.6. The van der Waals surface area contributed by atoms with Crippen LogP contribution in [0.15, 0.2) is 65.6 Å². The van der Waals surface area contributed by atoms with Crippen LogP contribution in [-0.4, -0.2) is 35.0 Å². The van der Waals surface area contributed by atoms with Crippen molar-refractivity contribution in [2.45, 2.75) is 38.6 Å². The minimum atomic E-state index is -3.85. The van der Waals surface area contributed by atoms with Gasteiger partial charge in [0.2, 0.25) is 15.9 Å². The number of hydrogen-bond acceptors (Lipinski definition) is 5. The molecule has 0 aliphatic rings. The molecular formula is C25H28ClN3O5S2. The average Bonchev–Trinajstić information content (AvgIpc) is 2.78. The predicted octanol–water partition coefficient (Wildman–Crippen LogP) is 4.86. The van der Waals surface area contributed by atoms with Crippen LogP contribution in [0.5, 0.6) is 0 Å². The molecule has 0 fully saturated rings. The van der Waals surface area contributed by atoms with E-state index in [9.17, 15) is 21.6 Å². The molecule has 36 heavy (non-hydrogen) atoms. The number of sulfonamides is 2. The summed E-state index contributed by atoms with van der Waals surface area (Å²) in [5, 5.41) is 2.99. The number of amides is 1. The van der Waals surface area contributed by atoms with Gasteiger partial charge < -0.3 is 5.32 Å². The first-order chi connectivity index (χ1) is 16.7. The summed E-state index contributed by atoms with van der Waals surface area (Å²) in [4.78, 5) is 13.0. The van der Waals surface area contributed by atoms with E-state index in [0.717, 1.165) is 21.7 Å². The van der Waals surface area contributed by atoms with Crippen molar-refractivity contribution in [1.82, 2.24) is 0 Å². The molecule has 2 N–H and O–H groups in total. The maximum atomic E-state index is 13.0. The van der Waals surface area contributed by atoms with Crippen molar-refractivity contribution in [2.75, 3.05) is 20.6 Å². The predicted molar refractivity (Wildman–Crippen MR) is 145 cm³/mol. The molecule has 3 rings (SSSR count). The zero-order valence-electron chi connectivity index (χ0n) is 20.5. The number of carbonyl (C=O) groups is 1. The molecule has 0 bridgehead atoms. The van der Waals surface area contributed by atoms with Crippen LogP contribution in [0.25, 0.3) is 0 Å². The Labute approximate surface area is 217 Å². The monoisotopic (exact) mass is 549 g/mol. The Bertz CT molecular complexity index is 1510. The van der Waals surface area contributed by atoms with Gasteiger partial charge in [-0.3, -0.25) is 13.8 Å². The SMILES string of the molecule is Cc1ccc(C)c(NS(=O)(=O)c2ccc(NC(=O)[C@H](C)N(c3cc(Cl)ccc3C)S(C)(=O)=O)cc2)c1. The molecule has 11 heteroatoms. The van der Waals surface area contributed by atoms with Crippen molar-refractivity contribution in [2.24, 2.45) is 0 Å². The van der Waals surface area contributed by atoms with E-state index in [1.165, 1.54) is 37.3 Å². The number of benzene rings is 3. The second-order valence-corrected chi connectivity index (χ2v) is 12.6. The van der Waals surface area contributed by atoms with Crippen LogP contribution in [-0.2, 0) is 24.8 Å². The quantitative estimate of drug-likeness (QED) is 0.416. The van der Waals surface area contributed by atoms with Gasteiger partial charge in [-0.25, -0.2) is 16.8 Å². The minimum Gasteiger partial charge on any atom is -0.324 e. The maximum absolute atomic E-state index is 13.0. The third-order valence-corrected chi connectivity index (χ3v) is 8.41. The van der Waals surface area contributed by atoms with Crippen LogP contribution in [0, 0.1) is 20.8 Å². The Hall–Kier alpha value is -3.08. The molecular weight excluding hydrogens is 522 g/mol. The lowest BCUT2D eigenvalue weighted by Gasteiger charge is -2.29. The van der Waals surface area contributed by atoms with Crippen molar-refractivity contribution in [1.29, 1.82) is 0 Å². The summed E-state index contributed by atoms with van der Waals surface area (Å²) in [5.74, 6) is -0.594. The van der Waals surface area contributed by atoms with E-state index in [1.54, 1.807) is 25.1 Å². The van der Waals surface area contributed by atoms with E-state index in [0.29, 0.717) is 27.6 Å². The second kappa shape index (κ2) is 10.5. The fourth-order valence-electron chi connectivity index (χ4n) is 3.61. The van der Waals surface area contributed by atoms with Gasteiger partial charge in [-0.2, -0.15) is 0 Å². The van der Waals surface area contributed by atoms with E-state index >= 15 is 0 Å². The number of anilines is 3. The number of nitrogens with zero attached hydrogens (tertiary/aromatic N) is 1. The lowest BCUT2D eigenvalue weighted by atomic mass is 10.1. The van der Waals surface area contributed by atoms with Gasteiger partial charge in [0, 0.05) is 10.7 Å². The van der Waals surface area contributed by atoms with Gasteiger partial charge in [0.1, 0.15) is 6.04 Å². The smallest absolute Gasteiger partial charge is 0.261 e. The van der Waals surface area contributed by atoms with Gasteiger partial charge >= 0.3 is 0 Å². The highest BCUT2D eigenvalue weighted by Crippen LogP contribution is 2.29. The van der Waals surface area contributed by atoms with Gasteiger partial charge in [0.05, 0.1) is 22.5 Å². The lowest BCUT2D eigenvalue weighted by Crippen LogP contribution is -2.45. The van der Waals surface area contributed by atoms with Crippen molar-refractivity contribution < 1.29 is 21.6 Å². The lowest BCUT2D eigenvalue weighted by molar-refractivity contribution is -0.116. The first kappa shape index (κ1) is 27.5. The van der Waals surface area contributed by atoms with Crippen LogP contribution in [0.1, 0.15) is 23.6 Å². The van der Waals surface area contributed by atoms with Crippen molar-refractivity contribution in [3.8, 4) is 0 Å². The Balaban J connectivity index is 1.81. The van der Waals surface area contributed by atoms with Gasteiger partial charge in [-0.15, -0.1) is 0 Å². The number of hydrogen-bond donors (Lipinski definition) is 2. The summed E-state index contributed by atoms with van der Waals surface area (Å²) >= 11 is 6.07. The van der Waals surface area contributed by atoms with Crippen molar-refractivity contribution >= 4 is 54.6 Å². The van der Waals surface area contributed by atoms with E-state index in [4.69, 9.17) is 11.6 Å². The van der Waals surface area contributed by atoms with Crippen LogP contribution < -0.4 is 14.3 Å². The summed E-state index contributed by atoms with van der Waals surface area (Å²) in [6, 6.07) is 14.8. The topological polar surface area (TPSA) is 113 Å². The molecule has 0 aliphatic heterocycles. The van der Waals surface area contributed by atoms with Gasteiger partial charge in [-0.1, -0.05) is 29.8 Å². The largest absolute Gasteiger partial charge is 0.324 e. The number of aryl methyl sites for hydroxylation is 3. The number of carbonyl (C=O) groups excluding carboxylic acids is 1. The Morgan fingerprint density at radius 3 is 2.11 bits per heavy atom. The third kappa shape index (κ3) is 6.37. The van der Waals surface area contributed by atoms with Crippen LogP contribution in [0.4, 0.5) is 17.1 Å². The van der Waals surface area contributed by atoms with Crippen LogP contribution >= 0.6 is 11.6 Å². The highest BCUT2D eigenvalue weighted by Gasteiger charge is 2.30. The Morgan fingerprint density at radius 1 is 0.889 bits per heavy atom. The Morgan fingerprint density at radius 2 is 1.50 bits per heavy atom. The van der Waals surface area contributed by atoms with E-state index in [2.05, 4.69) is 10.0 Å². The highest BCUT2D eigenvalue weighted by molar-refractivity contribution is 7.92. The van der Waals surface area contributed by atoms with E-state index in [-0.39, 0.29) is 4.90 Å². The first-order valence-electron chi connectivity index (χ1n) is 11.0. The van der Waals surface area contributed by atoms with Crippen LogP contribution in [0.3, 0.4) is 0 Å². The molecule has 0 saturated carbocycles. The van der Waals surface area contributed by atoms with Gasteiger partial charge in [-0.05, 0) is 86.8 Å². The molecule has 0 aliphatic carbocycles. The molecule has 3 aromatic rings. The molecule has 0 spiro atoms. The minimum absolute atomic E-state index is 0.0155. The van der Waals surface area contributed by atoms with Gasteiger partial charge in [0.15, 0.2) is 0 Å². The molecule has 0 unspecified atom stereocenters. The number of halogens is 1. The van der Waals surface area contributed by atoms with E-state index in [1.807, 2.05) is 26.0 Å².